The van der Waals surface area contributed by atoms with E-state index in [1.807, 2.05) is 91.0 Å². The molecule has 2 fully saturated rings. The Morgan fingerprint density at radius 2 is 1.64 bits per heavy atom. The van der Waals surface area contributed by atoms with Crippen LogP contribution in [0.3, 0.4) is 0 Å². The number of tetrazole rings is 1. The second-order valence-electron chi connectivity index (χ2n) is 13.3. The highest BCUT2D eigenvalue weighted by Gasteiger charge is 2.57. The van der Waals surface area contributed by atoms with Gasteiger partial charge in [-0.2, -0.15) is 0 Å². The molecule has 0 saturated carbocycles. The fourth-order valence-electron chi connectivity index (χ4n) is 6.95. The highest BCUT2D eigenvalue weighted by atomic mass is 32.2. The molecule has 2 unspecified atom stereocenters. The zero-order valence-electron chi connectivity index (χ0n) is 30.3. The third-order valence-electron chi connectivity index (χ3n) is 9.83. The molecule has 2 aliphatic rings. The topological polar surface area (TPSA) is 226 Å². The molecule has 8 rings (SSSR count). The van der Waals surface area contributed by atoms with Gasteiger partial charge in [0.25, 0.3) is 5.91 Å². The number of hydrogen-bond donors (Lipinski definition) is 4. The maximum Gasteiger partial charge on any atom is 0.339 e. The van der Waals surface area contributed by atoms with Crippen LogP contribution >= 0.6 is 34.9 Å². The number of rotatable bonds is 14. The van der Waals surface area contributed by atoms with Gasteiger partial charge in [0, 0.05) is 23.4 Å². The van der Waals surface area contributed by atoms with Crippen LogP contribution < -0.4 is 10.6 Å². The van der Waals surface area contributed by atoms with Crippen molar-refractivity contribution in [3.8, 4) is 0 Å². The number of carbonyl (C=O) groups excluding carboxylic acids is 2. The number of nitrogens with zero attached hydrogens (tertiary/aromatic N) is 8. The number of carboxylic acid groups (broad SMARTS) is 2. The number of aliphatic carboxylic acids is 1. The lowest BCUT2D eigenvalue weighted by Gasteiger charge is -2.53. The molecule has 3 aromatic carbocycles. The average molecular weight is 837 g/mol. The van der Waals surface area contributed by atoms with E-state index in [-0.39, 0.29) is 45.7 Å². The van der Waals surface area contributed by atoms with E-state index < -0.39 is 46.1 Å². The lowest BCUT2D eigenvalue weighted by molar-refractivity contribution is -0.157. The minimum absolute atomic E-state index is 0.0342. The molecule has 5 heterocycles. The highest BCUT2D eigenvalue weighted by molar-refractivity contribution is 8.00. The second kappa shape index (κ2) is 15.9. The normalized spacial score (nSPS) is 19.2. The predicted octanol–water partition coefficient (Wildman–Crippen LogP) is 3.69. The molecule has 0 aliphatic carbocycles. The van der Waals surface area contributed by atoms with E-state index in [0.29, 0.717) is 5.13 Å². The number of β-lactam (4-membered cyclic amide) rings is 1. The van der Waals surface area contributed by atoms with Gasteiger partial charge in [0.2, 0.25) is 11.6 Å². The Balaban J connectivity index is 0.989. The van der Waals surface area contributed by atoms with Crippen LogP contribution in [0.15, 0.2) is 113 Å². The van der Waals surface area contributed by atoms with Gasteiger partial charge in [0.1, 0.15) is 45.8 Å². The number of aromatic nitrogens is 6. The first-order valence-electron chi connectivity index (χ1n) is 17.6. The summed E-state index contributed by atoms with van der Waals surface area (Å²) in [4.78, 5) is 63.2. The zero-order chi connectivity index (χ0) is 40.4. The summed E-state index contributed by atoms with van der Waals surface area (Å²) in [6.07, 6.45) is 0. The SMILES string of the molecule is CON=C(C(=O)NC1C(=O)N2CC(CSc3cc(C(=O)O)c4nnnn4n3)(C(=O)O)CS[C@H]12)c1csc(NC(c2ccccc2)(c2ccccc2)c2ccccc2)n1. The number of nitrogens with one attached hydrogen (secondary N) is 2. The van der Waals surface area contributed by atoms with Gasteiger partial charge >= 0.3 is 11.9 Å². The molecule has 20 heteroatoms. The number of benzene rings is 3. The summed E-state index contributed by atoms with van der Waals surface area (Å²) in [5, 5.41) is 47.3. The van der Waals surface area contributed by atoms with Crippen LogP contribution in [0.4, 0.5) is 5.13 Å². The van der Waals surface area contributed by atoms with E-state index in [1.165, 1.54) is 41.2 Å². The Hall–Kier alpha value is -6.38. The third kappa shape index (κ3) is 6.98. The zero-order valence-corrected chi connectivity index (χ0v) is 32.8. The summed E-state index contributed by atoms with van der Waals surface area (Å²) in [5.74, 6) is -3.49. The molecule has 4 N–H and O–H groups in total. The molecule has 58 heavy (non-hydrogen) atoms. The average Bonchev–Trinajstić information content (AvgIpc) is 3.93. The van der Waals surface area contributed by atoms with E-state index in [9.17, 15) is 29.4 Å². The van der Waals surface area contributed by atoms with Gasteiger partial charge in [-0.1, -0.05) is 96.2 Å². The largest absolute Gasteiger partial charge is 0.481 e. The number of anilines is 1. The Bertz CT molecular complexity index is 2440. The number of thiazole rings is 1. The number of hydrogen-bond acceptors (Lipinski definition) is 15. The van der Waals surface area contributed by atoms with Crippen molar-refractivity contribution in [2.45, 2.75) is 22.0 Å². The molecule has 0 bridgehead atoms. The van der Waals surface area contributed by atoms with Crippen LogP contribution in [-0.2, 0) is 24.8 Å². The van der Waals surface area contributed by atoms with Crippen molar-refractivity contribution in [3.05, 3.63) is 130 Å². The highest BCUT2D eigenvalue weighted by Crippen LogP contribution is 2.45. The van der Waals surface area contributed by atoms with Crippen molar-refractivity contribution in [2.24, 2.45) is 10.6 Å². The summed E-state index contributed by atoms with van der Waals surface area (Å²) in [6, 6.07) is 30.3. The van der Waals surface area contributed by atoms with Gasteiger partial charge < -0.3 is 30.6 Å². The van der Waals surface area contributed by atoms with Crippen molar-refractivity contribution >= 4 is 75.1 Å². The molecule has 3 atom stereocenters. The van der Waals surface area contributed by atoms with Crippen molar-refractivity contribution in [2.75, 3.05) is 30.5 Å². The van der Waals surface area contributed by atoms with E-state index in [2.05, 4.69) is 36.4 Å². The first-order valence-corrected chi connectivity index (χ1v) is 20.5. The molecule has 6 aromatic rings. The van der Waals surface area contributed by atoms with Crippen LogP contribution in [0.5, 0.6) is 0 Å². The van der Waals surface area contributed by atoms with Gasteiger partial charge in [-0.05, 0) is 33.2 Å². The smallest absolute Gasteiger partial charge is 0.339 e. The lowest BCUT2D eigenvalue weighted by atomic mass is 9.77. The maximum absolute atomic E-state index is 13.8. The maximum atomic E-state index is 13.8. The van der Waals surface area contributed by atoms with E-state index in [4.69, 9.17) is 9.82 Å². The first kappa shape index (κ1) is 38.5. The predicted molar refractivity (Wildman–Crippen MR) is 215 cm³/mol. The van der Waals surface area contributed by atoms with Crippen LogP contribution in [0.1, 0.15) is 32.7 Å². The summed E-state index contributed by atoms with van der Waals surface area (Å²) < 4.78 is 0.967. The van der Waals surface area contributed by atoms with Crippen molar-refractivity contribution in [1.29, 1.82) is 0 Å². The molecule has 0 radical (unpaired) electrons. The Labute approximate surface area is 341 Å². The lowest BCUT2D eigenvalue weighted by Crippen LogP contribution is -2.74. The summed E-state index contributed by atoms with van der Waals surface area (Å²) in [6.45, 7) is -0.136. The number of thioether (sulfide) groups is 2. The molecule has 17 nitrogen and oxygen atoms in total. The summed E-state index contributed by atoms with van der Waals surface area (Å²) >= 11 is 3.52. The molecular weight excluding hydrogens is 805 g/mol. The van der Waals surface area contributed by atoms with E-state index in [1.54, 1.807) is 5.38 Å². The monoisotopic (exact) mass is 836 g/mol. The van der Waals surface area contributed by atoms with Crippen molar-refractivity contribution in [3.63, 3.8) is 0 Å². The first-order chi connectivity index (χ1) is 28.1. The molecule has 2 aliphatic heterocycles. The van der Waals surface area contributed by atoms with Crippen LogP contribution in [0, 0.1) is 5.41 Å². The number of aromatic carboxylic acids is 1. The molecule has 2 amide bonds. The van der Waals surface area contributed by atoms with Crippen LogP contribution in [-0.4, -0.2) is 111 Å². The van der Waals surface area contributed by atoms with Crippen molar-refractivity contribution in [1.82, 2.24) is 40.5 Å². The number of fused-ring (bicyclic) bond motifs is 2. The van der Waals surface area contributed by atoms with Crippen LogP contribution in [0.25, 0.3) is 5.65 Å². The van der Waals surface area contributed by atoms with Gasteiger partial charge in [0.05, 0.1) is 0 Å². The van der Waals surface area contributed by atoms with Gasteiger partial charge in [0.15, 0.2) is 10.8 Å². The quantitative estimate of drug-likeness (QED) is 0.0404. The fourth-order valence-corrected chi connectivity index (χ4v) is 10.5. The number of carboxylic acids is 2. The van der Waals surface area contributed by atoms with Gasteiger partial charge in [-0.25, -0.2) is 9.78 Å². The molecule has 294 valence electrons. The summed E-state index contributed by atoms with van der Waals surface area (Å²) in [5.41, 5.74) is 0.443. The van der Waals surface area contributed by atoms with E-state index in [0.717, 1.165) is 33.1 Å². The Kier molecular flexibility index (Phi) is 10.5. The van der Waals surface area contributed by atoms with Crippen LogP contribution in [0.2, 0.25) is 0 Å². The summed E-state index contributed by atoms with van der Waals surface area (Å²) in [7, 11) is 1.31. The number of amides is 2. The Morgan fingerprint density at radius 3 is 2.22 bits per heavy atom. The molecule has 0 spiro atoms. The standard InChI is InChI=1S/C38H32N10O7S3/c1-55-44-28(26-18-56-36(39-26)41-38(22-11-5-2-6-12-22,23-13-7-3-8-14-23)24-15-9-4-10-16-24)31(49)40-29-32(50)47-19-37(35(53)54,21-58-33(29)47)20-57-27-17-25(34(51)52)30-42-45-46-48(30)43-27/h2-18,29,33H,19-21H2,1H3,(H,39,41)(H,40,49)(H,51,52)(H,53,54)/t29?,33-,37?/m1/s1. The van der Waals surface area contributed by atoms with Gasteiger partial charge in [-0.15, -0.1) is 49.7 Å². The minimum Gasteiger partial charge on any atom is -0.481 e. The second-order valence-corrected chi connectivity index (χ2v) is 16.3. The fraction of sp³-hybridized carbons (Fsp3) is 0.211. The number of oxime groups is 1. The number of carbonyl (C=O) groups is 4. The van der Waals surface area contributed by atoms with E-state index >= 15 is 0 Å². The van der Waals surface area contributed by atoms with Gasteiger partial charge in [-0.3, -0.25) is 14.4 Å². The minimum atomic E-state index is -1.40. The molecular formula is C38H32N10O7S3. The van der Waals surface area contributed by atoms with Crippen molar-refractivity contribution < 1.29 is 34.2 Å². The Morgan fingerprint density at radius 1 is 1.00 bits per heavy atom. The molecule has 3 aromatic heterocycles. The molecule has 2 saturated heterocycles. The third-order valence-corrected chi connectivity index (χ3v) is 13.4.